The molecule has 0 aliphatic carbocycles. The second-order valence-corrected chi connectivity index (χ2v) is 4.61. The number of nitrogens with zero attached hydrogens (tertiary/aromatic N) is 2. The maximum Gasteiger partial charge on any atom is 0.191 e. The predicted octanol–water partition coefficient (Wildman–Crippen LogP) is 3.13. The summed E-state index contributed by atoms with van der Waals surface area (Å²) in [6, 6.07) is 2.15. The molecule has 1 aromatic heterocycles. The number of halogens is 1. The molecule has 1 atom stereocenters. The largest absolute Gasteiger partial charge is 0.370 e. The minimum Gasteiger partial charge on any atom is -0.370 e. The maximum absolute atomic E-state index is 5.92. The third-order valence-electron chi connectivity index (χ3n) is 2.73. The fraction of sp³-hybridized carbons (Fsp3) is 0.583. The molecule has 1 rings (SSSR count). The molecular formula is C12H22IN3S. The smallest absolute Gasteiger partial charge is 0.191 e. The number of nitrogens with two attached hydrogens (primary N) is 1. The summed E-state index contributed by atoms with van der Waals surface area (Å²) in [6.07, 6.45) is 0. The van der Waals surface area contributed by atoms with E-state index in [9.17, 15) is 0 Å². The summed E-state index contributed by atoms with van der Waals surface area (Å²) in [7, 11) is 0. The first-order valence-electron chi connectivity index (χ1n) is 5.76. The van der Waals surface area contributed by atoms with Gasteiger partial charge in [-0.25, -0.2) is 0 Å². The Labute approximate surface area is 125 Å². The van der Waals surface area contributed by atoms with Gasteiger partial charge in [0.15, 0.2) is 5.96 Å². The number of guanidine groups is 1. The standard InChI is InChI=1S/C12H21N3S.HI/c1-4-15(5-2)12(13)14-8-10(3)11-6-7-16-9-11;/h6-7,9-10H,4-5,8H2,1-3H3,(H2,13,14);1H. The molecule has 0 fully saturated rings. The molecule has 0 aromatic carbocycles. The first-order valence-corrected chi connectivity index (χ1v) is 6.70. The van der Waals surface area contributed by atoms with Gasteiger partial charge in [-0.15, -0.1) is 24.0 Å². The van der Waals surface area contributed by atoms with E-state index >= 15 is 0 Å². The molecule has 1 heterocycles. The number of thiophene rings is 1. The highest BCUT2D eigenvalue weighted by atomic mass is 127. The van der Waals surface area contributed by atoms with Crippen LogP contribution < -0.4 is 5.73 Å². The van der Waals surface area contributed by atoms with Gasteiger partial charge >= 0.3 is 0 Å². The molecule has 0 amide bonds. The number of hydrogen-bond donors (Lipinski definition) is 1. The molecule has 0 aliphatic rings. The monoisotopic (exact) mass is 367 g/mol. The van der Waals surface area contributed by atoms with Crippen molar-refractivity contribution in [2.45, 2.75) is 26.7 Å². The van der Waals surface area contributed by atoms with Gasteiger partial charge in [0.05, 0.1) is 0 Å². The maximum atomic E-state index is 5.92. The fourth-order valence-corrected chi connectivity index (χ4v) is 2.32. The van der Waals surface area contributed by atoms with Crippen LogP contribution >= 0.6 is 35.3 Å². The van der Waals surface area contributed by atoms with E-state index in [2.05, 4.69) is 47.5 Å². The molecule has 1 unspecified atom stereocenters. The minimum atomic E-state index is 0. The number of hydrogen-bond acceptors (Lipinski definition) is 2. The first-order chi connectivity index (χ1) is 7.69. The Morgan fingerprint density at radius 1 is 1.47 bits per heavy atom. The van der Waals surface area contributed by atoms with Gasteiger partial charge in [0.25, 0.3) is 0 Å². The topological polar surface area (TPSA) is 41.6 Å². The van der Waals surface area contributed by atoms with E-state index in [1.54, 1.807) is 11.3 Å². The van der Waals surface area contributed by atoms with Crippen LogP contribution in [0.3, 0.4) is 0 Å². The highest BCUT2D eigenvalue weighted by Gasteiger charge is 2.06. The first kappa shape index (κ1) is 16.7. The SMILES string of the molecule is CCN(CC)C(N)=NCC(C)c1ccsc1.I. The minimum absolute atomic E-state index is 0. The summed E-state index contributed by atoms with van der Waals surface area (Å²) >= 11 is 1.73. The zero-order valence-electron chi connectivity index (χ0n) is 10.7. The van der Waals surface area contributed by atoms with Gasteiger partial charge in [0, 0.05) is 25.6 Å². The summed E-state index contributed by atoms with van der Waals surface area (Å²) in [4.78, 5) is 6.52. The lowest BCUT2D eigenvalue weighted by Gasteiger charge is -2.19. The van der Waals surface area contributed by atoms with Crippen LogP contribution in [0, 0.1) is 0 Å². The Balaban J connectivity index is 0.00000256. The third-order valence-corrected chi connectivity index (χ3v) is 3.43. The Morgan fingerprint density at radius 3 is 2.59 bits per heavy atom. The van der Waals surface area contributed by atoms with Crippen LogP contribution in [0.25, 0.3) is 0 Å². The van der Waals surface area contributed by atoms with Crippen molar-refractivity contribution in [1.82, 2.24) is 4.90 Å². The average Bonchev–Trinajstić information content (AvgIpc) is 2.81. The average molecular weight is 367 g/mol. The molecule has 0 saturated heterocycles. The molecular weight excluding hydrogens is 345 g/mol. The number of rotatable bonds is 5. The molecule has 5 heteroatoms. The Kier molecular flexibility index (Phi) is 8.59. The fourth-order valence-electron chi connectivity index (χ4n) is 1.54. The predicted molar refractivity (Wildman–Crippen MR) is 87.6 cm³/mol. The van der Waals surface area contributed by atoms with Crippen LogP contribution in [0.15, 0.2) is 21.8 Å². The molecule has 98 valence electrons. The molecule has 1 aromatic rings. The summed E-state index contributed by atoms with van der Waals surface area (Å²) in [5.74, 6) is 1.10. The van der Waals surface area contributed by atoms with E-state index in [0.29, 0.717) is 11.9 Å². The lowest BCUT2D eigenvalue weighted by atomic mass is 10.1. The second-order valence-electron chi connectivity index (χ2n) is 3.83. The third kappa shape index (κ3) is 5.25. The Hall–Kier alpha value is -0.300. The van der Waals surface area contributed by atoms with Gasteiger partial charge in [-0.05, 0) is 36.2 Å². The van der Waals surface area contributed by atoms with Crippen molar-refractivity contribution in [3.63, 3.8) is 0 Å². The van der Waals surface area contributed by atoms with Crippen molar-refractivity contribution < 1.29 is 0 Å². The Bertz CT molecular complexity index is 321. The second kappa shape index (κ2) is 8.74. The van der Waals surface area contributed by atoms with E-state index in [1.165, 1.54) is 5.56 Å². The molecule has 0 saturated carbocycles. The molecule has 17 heavy (non-hydrogen) atoms. The molecule has 2 N–H and O–H groups in total. The van der Waals surface area contributed by atoms with E-state index in [-0.39, 0.29) is 24.0 Å². The van der Waals surface area contributed by atoms with Gasteiger partial charge in [-0.1, -0.05) is 6.92 Å². The van der Waals surface area contributed by atoms with Crippen LogP contribution in [-0.4, -0.2) is 30.5 Å². The van der Waals surface area contributed by atoms with Gasteiger partial charge in [-0.3, -0.25) is 4.99 Å². The van der Waals surface area contributed by atoms with E-state index < -0.39 is 0 Å². The molecule has 0 bridgehead atoms. The summed E-state index contributed by atoms with van der Waals surface area (Å²) < 4.78 is 0. The van der Waals surface area contributed by atoms with E-state index in [0.717, 1.165) is 19.6 Å². The van der Waals surface area contributed by atoms with Crippen molar-refractivity contribution >= 4 is 41.3 Å². The van der Waals surface area contributed by atoms with Crippen molar-refractivity contribution in [2.75, 3.05) is 19.6 Å². The zero-order valence-corrected chi connectivity index (χ0v) is 13.9. The molecule has 0 spiro atoms. The molecule has 3 nitrogen and oxygen atoms in total. The van der Waals surface area contributed by atoms with Crippen LogP contribution in [0.5, 0.6) is 0 Å². The molecule has 0 aliphatic heterocycles. The van der Waals surface area contributed by atoms with Crippen LogP contribution in [0.4, 0.5) is 0 Å². The van der Waals surface area contributed by atoms with E-state index in [4.69, 9.17) is 5.73 Å². The normalized spacial score (nSPS) is 13.0. The van der Waals surface area contributed by atoms with Crippen LogP contribution in [-0.2, 0) is 0 Å². The van der Waals surface area contributed by atoms with Crippen LogP contribution in [0.1, 0.15) is 32.3 Å². The highest BCUT2D eigenvalue weighted by molar-refractivity contribution is 14.0. The lowest BCUT2D eigenvalue weighted by molar-refractivity contribution is 0.457. The van der Waals surface area contributed by atoms with Gasteiger partial charge in [0.2, 0.25) is 0 Å². The van der Waals surface area contributed by atoms with Gasteiger partial charge in [-0.2, -0.15) is 11.3 Å². The van der Waals surface area contributed by atoms with Crippen molar-refractivity contribution in [3.8, 4) is 0 Å². The highest BCUT2D eigenvalue weighted by Crippen LogP contribution is 2.18. The quantitative estimate of drug-likeness (QED) is 0.494. The van der Waals surface area contributed by atoms with Gasteiger partial charge < -0.3 is 10.6 Å². The zero-order chi connectivity index (χ0) is 12.0. The Morgan fingerprint density at radius 2 is 2.12 bits per heavy atom. The van der Waals surface area contributed by atoms with Crippen LogP contribution in [0.2, 0.25) is 0 Å². The lowest BCUT2D eigenvalue weighted by Crippen LogP contribution is -2.37. The summed E-state index contributed by atoms with van der Waals surface area (Å²) in [5.41, 5.74) is 7.27. The van der Waals surface area contributed by atoms with E-state index in [1.807, 2.05) is 0 Å². The van der Waals surface area contributed by atoms with Crippen molar-refractivity contribution in [2.24, 2.45) is 10.7 Å². The summed E-state index contributed by atoms with van der Waals surface area (Å²) in [5, 5.41) is 4.27. The number of aliphatic imine (C=N–C) groups is 1. The molecule has 0 radical (unpaired) electrons. The van der Waals surface area contributed by atoms with Gasteiger partial charge in [0.1, 0.15) is 0 Å². The summed E-state index contributed by atoms with van der Waals surface area (Å²) in [6.45, 7) is 8.96. The van der Waals surface area contributed by atoms with Crippen molar-refractivity contribution in [1.29, 1.82) is 0 Å². The van der Waals surface area contributed by atoms with Crippen molar-refractivity contribution in [3.05, 3.63) is 22.4 Å².